The molecule has 2 rings (SSSR count). The Kier molecular flexibility index (Phi) is 2.60. The average Bonchev–Trinajstić information content (AvgIpc) is 2.57. The molecule has 78 valence electrons. The van der Waals surface area contributed by atoms with Crippen molar-refractivity contribution >= 4 is 28.6 Å². The summed E-state index contributed by atoms with van der Waals surface area (Å²) in [6.45, 7) is 0.424. The predicted octanol–water partition coefficient (Wildman–Crippen LogP) is 2.16. The van der Waals surface area contributed by atoms with Crippen molar-refractivity contribution in [2.75, 3.05) is 0 Å². The quantitative estimate of drug-likeness (QED) is 0.869. The molecule has 0 radical (unpaired) electrons. The summed E-state index contributed by atoms with van der Waals surface area (Å²) in [6, 6.07) is 3.68. The van der Waals surface area contributed by atoms with Crippen LogP contribution in [0.25, 0.3) is 11.0 Å². The third-order valence-corrected chi connectivity index (χ3v) is 2.34. The highest BCUT2D eigenvalue weighted by Crippen LogP contribution is 2.17. The van der Waals surface area contributed by atoms with Gasteiger partial charge < -0.3 is 9.67 Å². The molecule has 15 heavy (non-hydrogen) atoms. The van der Waals surface area contributed by atoms with Gasteiger partial charge in [0.25, 0.3) is 0 Å². The lowest BCUT2D eigenvalue weighted by Crippen LogP contribution is -2.03. The first kappa shape index (κ1) is 9.98. The number of aromatic nitrogens is 2. The van der Waals surface area contributed by atoms with Crippen molar-refractivity contribution in [2.24, 2.45) is 0 Å². The Morgan fingerprint density at radius 2 is 2.40 bits per heavy atom. The van der Waals surface area contributed by atoms with Crippen LogP contribution in [-0.4, -0.2) is 20.6 Å². The van der Waals surface area contributed by atoms with Gasteiger partial charge in [-0.3, -0.25) is 4.79 Å². The molecule has 0 fully saturated rings. The second-order valence-electron chi connectivity index (χ2n) is 3.22. The van der Waals surface area contributed by atoms with E-state index < -0.39 is 5.97 Å². The summed E-state index contributed by atoms with van der Waals surface area (Å²) in [5.41, 5.74) is 0.764. The molecule has 0 saturated heterocycles. The largest absolute Gasteiger partial charge is 0.481 e. The molecular formula is C10H9ClN2O2. The zero-order valence-corrected chi connectivity index (χ0v) is 8.61. The Morgan fingerprint density at radius 3 is 3.13 bits per heavy atom. The summed E-state index contributed by atoms with van der Waals surface area (Å²) < 4.78 is 1.81. The number of carbonyl (C=O) groups is 1. The first-order chi connectivity index (χ1) is 7.16. The second-order valence-corrected chi connectivity index (χ2v) is 3.66. The molecule has 0 aliphatic carbocycles. The predicted molar refractivity (Wildman–Crippen MR) is 57.0 cm³/mol. The number of fused-ring (bicyclic) bond motifs is 1. The second kappa shape index (κ2) is 3.90. The van der Waals surface area contributed by atoms with Crippen LogP contribution in [0.1, 0.15) is 6.42 Å². The van der Waals surface area contributed by atoms with Crippen LogP contribution in [0.3, 0.4) is 0 Å². The lowest BCUT2D eigenvalue weighted by Gasteiger charge is -2.01. The fourth-order valence-electron chi connectivity index (χ4n) is 1.45. The molecule has 0 aromatic carbocycles. The van der Waals surface area contributed by atoms with Crippen molar-refractivity contribution in [2.45, 2.75) is 13.0 Å². The van der Waals surface area contributed by atoms with E-state index in [1.54, 1.807) is 16.8 Å². The summed E-state index contributed by atoms with van der Waals surface area (Å²) >= 11 is 5.79. The number of hydrogen-bond donors (Lipinski definition) is 1. The van der Waals surface area contributed by atoms with E-state index in [-0.39, 0.29) is 6.42 Å². The first-order valence-corrected chi connectivity index (χ1v) is 4.87. The van der Waals surface area contributed by atoms with Gasteiger partial charge in [-0.2, -0.15) is 0 Å². The number of nitrogens with zero attached hydrogens (tertiary/aromatic N) is 2. The van der Waals surface area contributed by atoms with Gasteiger partial charge in [0, 0.05) is 24.3 Å². The van der Waals surface area contributed by atoms with Gasteiger partial charge >= 0.3 is 5.97 Å². The summed E-state index contributed by atoms with van der Waals surface area (Å²) in [6.07, 6.45) is 3.46. The van der Waals surface area contributed by atoms with Crippen molar-refractivity contribution in [3.05, 3.63) is 29.5 Å². The highest BCUT2D eigenvalue weighted by atomic mass is 35.5. The minimum atomic E-state index is -0.814. The van der Waals surface area contributed by atoms with Gasteiger partial charge in [0.1, 0.15) is 5.65 Å². The molecule has 0 aliphatic rings. The lowest BCUT2D eigenvalue weighted by atomic mass is 10.3. The zero-order chi connectivity index (χ0) is 10.8. The maximum absolute atomic E-state index is 10.4. The molecule has 5 heteroatoms. The van der Waals surface area contributed by atoms with E-state index in [4.69, 9.17) is 16.7 Å². The van der Waals surface area contributed by atoms with Crippen LogP contribution in [0.15, 0.2) is 24.5 Å². The molecule has 0 spiro atoms. The molecule has 0 unspecified atom stereocenters. The fraction of sp³-hybridized carbons (Fsp3) is 0.200. The first-order valence-electron chi connectivity index (χ1n) is 4.49. The number of rotatable bonds is 3. The van der Waals surface area contributed by atoms with Crippen molar-refractivity contribution in [1.82, 2.24) is 9.55 Å². The molecule has 4 nitrogen and oxygen atoms in total. The molecule has 0 bridgehead atoms. The third-order valence-electron chi connectivity index (χ3n) is 2.13. The highest BCUT2D eigenvalue weighted by Gasteiger charge is 2.04. The number of pyridine rings is 1. The van der Waals surface area contributed by atoms with Gasteiger partial charge in [-0.25, -0.2) is 4.98 Å². The van der Waals surface area contributed by atoms with Crippen LogP contribution in [0.5, 0.6) is 0 Å². The number of aryl methyl sites for hydroxylation is 1. The Bertz CT molecular complexity index is 507. The van der Waals surface area contributed by atoms with Crippen LogP contribution in [0, 0.1) is 0 Å². The van der Waals surface area contributed by atoms with Crippen molar-refractivity contribution in [1.29, 1.82) is 0 Å². The Morgan fingerprint density at radius 1 is 1.60 bits per heavy atom. The Balaban J connectivity index is 2.32. The maximum Gasteiger partial charge on any atom is 0.305 e. The zero-order valence-electron chi connectivity index (χ0n) is 7.85. The van der Waals surface area contributed by atoms with Gasteiger partial charge in [0.2, 0.25) is 0 Å². The van der Waals surface area contributed by atoms with Crippen molar-refractivity contribution in [3.8, 4) is 0 Å². The van der Waals surface area contributed by atoms with E-state index in [0.29, 0.717) is 11.6 Å². The Labute approximate surface area is 91.1 Å². The Hall–Kier alpha value is -1.55. The van der Waals surface area contributed by atoms with E-state index in [2.05, 4.69) is 4.98 Å². The van der Waals surface area contributed by atoms with Crippen LogP contribution in [0.4, 0.5) is 0 Å². The number of carboxylic acids is 1. The molecule has 0 amide bonds. The molecule has 2 heterocycles. The smallest absolute Gasteiger partial charge is 0.305 e. The molecule has 0 atom stereocenters. The topological polar surface area (TPSA) is 55.1 Å². The summed E-state index contributed by atoms with van der Waals surface area (Å²) in [5, 5.41) is 10.1. The van der Waals surface area contributed by atoms with E-state index in [0.717, 1.165) is 11.0 Å². The molecule has 0 saturated carbocycles. The summed E-state index contributed by atoms with van der Waals surface area (Å²) in [7, 11) is 0. The number of hydrogen-bond acceptors (Lipinski definition) is 2. The van der Waals surface area contributed by atoms with Crippen LogP contribution < -0.4 is 0 Å². The summed E-state index contributed by atoms with van der Waals surface area (Å²) in [4.78, 5) is 14.6. The standard InChI is InChI=1S/C10H9ClN2O2/c11-8-5-7-1-3-13(4-2-9(14)15)10(7)12-6-8/h1,3,5-6H,2,4H2,(H,14,15). The number of carboxylic acid groups (broad SMARTS) is 1. The highest BCUT2D eigenvalue weighted by molar-refractivity contribution is 6.31. The van der Waals surface area contributed by atoms with Crippen molar-refractivity contribution in [3.63, 3.8) is 0 Å². The minimum absolute atomic E-state index is 0.0914. The summed E-state index contributed by atoms with van der Waals surface area (Å²) in [5.74, 6) is -0.814. The minimum Gasteiger partial charge on any atom is -0.481 e. The van der Waals surface area contributed by atoms with Gasteiger partial charge in [-0.1, -0.05) is 11.6 Å². The molecule has 2 aromatic heterocycles. The number of halogens is 1. The van der Waals surface area contributed by atoms with Crippen LogP contribution in [0.2, 0.25) is 5.02 Å². The lowest BCUT2D eigenvalue weighted by molar-refractivity contribution is -0.137. The normalized spacial score (nSPS) is 10.7. The average molecular weight is 225 g/mol. The molecule has 2 aromatic rings. The fourth-order valence-corrected chi connectivity index (χ4v) is 1.61. The van der Waals surface area contributed by atoms with E-state index in [1.165, 1.54) is 0 Å². The van der Waals surface area contributed by atoms with Crippen LogP contribution >= 0.6 is 11.6 Å². The van der Waals surface area contributed by atoms with Gasteiger partial charge in [-0.05, 0) is 12.1 Å². The molecule has 0 aliphatic heterocycles. The monoisotopic (exact) mass is 224 g/mol. The van der Waals surface area contributed by atoms with Crippen molar-refractivity contribution < 1.29 is 9.90 Å². The van der Waals surface area contributed by atoms with Crippen LogP contribution in [-0.2, 0) is 11.3 Å². The van der Waals surface area contributed by atoms with E-state index in [1.807, 2.05) is 12.3 Å². The third kappa shape index (κ3) is 2.10. The van der Waals surface area contributed by atoms with E-state index in [9.17, 15) is 4.79 Å². The molecular weight excluding hydrogens is 216 g/mol. The SMILES string of the molecule is O=C(O)CCn1ccc2cc(Cl)cnc21. The number of aliphatic carboxylic acids is 1. The molecule has 1 N–H and O–H groups in total. The van der Waals surface area contributed by atoms with Gasteiger partial charge in [0.15, 0.2) is 0 Å². The van der Waals surface area contributed by atoms with E-state index >= 15 is 0 Å². The van der Waals surface area contributed by atoms with Gasteiger partial charge in [-0.15, -0.1) is 0 Å². The maximum atomic E-state index is 10.4. The van der Waals surface area contributed by atoms with Gasteiger partial charge in [0.05, 0.1) is 11.4 Å².